The lowest BCUT2D eigenvalue weighted by Crippen LogP contribution is -1.62. The Labute approximate surface area is 50.3 Å². The van der Waals surface area contributed by atoms with Gasteiger partial charge in [-0.05, 0) is 0 Å². The summed E-state index contributed by atoms with van der Waals surface area (Å²) < 4.78 is 3.52. The summed E-state index contributed by atoms with van der Waals surface area (Å²) in [5, 5.41) is 7.57. The molecule has 0 aromatic heterocycles. The highest BCUT2D eigenvalue weighted by atomic mass is 33.5. The molecule has 0 unspecified atom stereocenters. The van der Waals surface area contributed by atoms with E-state index in [4.69, 9.17) is 5.26 Å². The van der Waals surface area contributed by atoms with Gasteiger partial charge in [0.2, 0.25) is 0 Å². The Morgan fingerprint density at radius 2 is 2.17 bits per heavy atom. The summed E-state index contributed by atoms with van der Waals surface area (Å²) in [6, 6.07) is 0. The normalized spacial score (nSPS) is 9.67. The van der Waals surface area contributed by atoms with Crippen molar-refractivity contribution in [1.82, 2.24) is 0 Å². The van der Waals surface area contributed by atoms with Crippen molar-refractivity contribution >= 4 is 40.5 Å². The van der Waals surface area contributed by atoms with Gasteiger partial charge in [-0.2, -0.15) is 4.33 Å². The molecule has 6 heavy (non-hydrogen) atoms. The second-order valence-electron chi connectivity index (χ2n) is 0.347. The predicted molar refractivity (Wildman–Crippen MR) is 33.4 cm³/mol. The van der Waals surface area contributed by atoms with Crippen LogP contribution in [0, 0.1) is 0 Å². The predicted octanol–water partition coefficient (Wildman–Crippen LogP) is 0.581. The fourth-order valence-electron chi connectivity index (χ4n) is 0.0248. The molecule has 0 bridgehead atoms. The summed E-state index contributed by atoms with van der Waals surface area (Å²) in [6.45, 7) is 0. The van der Waals surface area contributed by atoms with Gasteiger partial charge in [-0.25, -0.2) is 27.6 Å². The zero-order valence-electron chi connectivity index (χ0n) is 2.49. The van der Waals surface area contributed by atoms with Crippen LogP contribution in [-0.2, 0) is 33.8 Å². The van der Waals surface area contributed by atoms with E-state index in [9.17, 15) is 0 Å². The lowest BCUT2D eigenvalue weighted by Gasteiger charge is -1.91. The maximum Gasteiger partial charge on any atom is -0.0692 e. The van der Waals surface area contributed by atoms with E-state index in [1.165, 1.54) is 0 Å². The molecular weight excluding hydrogens is 160 g/mol. The Morgan fingerprint density at radius 1 is 1.67 bits per heavy atom. The molecule has 1 N–H and O–H groups in total. The summed E-state index contributed by atoms with van der Waals surface area (Å²) in [5.41, 5.74) is 0. The highest BCUT2D eigenvalue weighted by molar-refractivity contribution is 8.88. The standard InChI is InChI=1S/HO2S4/c1-2-5-6(3)4/h1H/q-1. The van der Waals surface area contributed by atoms with E-state index in [0.29, 0.717) is 11.1 Å². The van der Waals surface area contributed by atoms with Crippen LogP contribution >= 0.6 is 11.1 Å². The minimum absolute atomic E-state index is 0.699. The molecule has 0 saturated carbocycles. The molecule has 0 radical (unpaired) electrons. The summed E-state index contributed by atoms with van der Waals surface area (Å²) >= 11 is 9.50. The first-order chi connectivity index (χ1) is 2.77. The van der Waals surface area contributed by atoms with Crippen molar-refractivity contribution in [2.24, 2.45) is 0 Å². The van der Waals surface area contributed by atoms with Gasteiger partial charge in [-0.1, -0.05) is 11.1 Å². The fraction of sp³-hybridized carbons (Fsp3) is 0. The zero-order valence-corrected chi connectivity index (χ0v) is 5.75. The highest BCUT2D eigenvalue weighted by Crippen LogP contribution is 1.97. The van der Waals surface area contributed by atoms with Crippen LogP contribution in [0.5, 0.6) is 0 Å². The molecule has 0 amide bonds. The van der Waals surface area contributed by atoms with Gasteiger partial charge in [0.25, 0.3) is 0 Å². The van der Waals surface area contributed by atoms with Gasteiger partial charge in [-0.3, -0.25) is 7.05 Å². The molecular formula is HO2S4-. The molecule has 0 fully saturated rings. The van der Waals surface area contributed by atoms with Crippen molar-refractivity contribution < 1.29 is 9.59 Å². The summed E-state index contributed by atoms with van der Waals surface area (Å²) in [6.07, 6.45) is 0. The molecule has 0 aliphatic rings. The fourth-order valence-corrected chi connectivity index (χ4v) is 0.671. The lowest BCUT2D eigenvalue weighted by atomic mass is 15.0. The third-order valence-corrected chi connectivity index (χ3v) is 1.77. The van der Waals surface area contributed by atoms with E-state index >= 15 is 0 Å². The highest BCUT2D eigenvalue weighted by Gasteiger charge is 1.56. The van der Waals surface area contributed by atoms with E-state index in [1.54, 1.807) is 0 Å². The van der Waals surface area contributed by atoms with Crippen molar-refractivity contribution in [3.05, 3.63) is 0 Å². The van der Waals surface area contributed by atoms with Gasteiger partial charge in [0.15, 0.2) is 0 Å². The monoisotopic (exact) mass is 161 g/mol. The van der Waals surface area contributed by atoms with Crippen molar-refractivity contribution in [1.29, 1.82) is 0 Å². The molecule has 0 atom stereocenters. The molecule has 0 aromatic rings. The van der Waals surface area contributed by atoms with Gasteiger partial charge in [-0.15, -0.1) is 0 Å². The number of rotatable bonds is 2. The van der Waals surface area contributed by atoms with Gasteiger partial charge >= 0.3 is 0 Å². The zero-order chi connectivity index (χ0) is 4.99. The Balaban J connectivity index is 3.07. The van der Waals surface area contributed by atoms with E-state index in [-0.39, 0.29) is 0 Å². The minimum atomic E-state index is -0.704. The molecule has 0 spiro atoms. The Hall–Kier alpha value is 1.06. The lowest BCUT2D eigenvalue weighted by molar-refractivity contribution is -0.114. The third-order valence-electron chi connectivity index (χ3n) is 0.0860. The van der Waals surface area contributed by atoms with Gasteiger partial charge in [0, 0.05) is 0 Å². The molecule has 38 valence electrons. The topological polar surface area (TPSA) is 29.5 Å². The molecule has 0 heterocycles. The van der Waals surface area contributed by atoms with Crippen LogP contribution in [0.4, 0.5) is 0 Å². The Morgan fingerprint density at radius 3 is 2.17 bits per heavy atom. The van der Waals surface area contributed by atoms with E-state index in [1.807, 2.05) is 0 Å². The van der Waals surface area contributed by atoms with Crippen LogP contribution in [-0.4, -0.2) is 5.26 Å². The van der Waals surface area contributed by atoms with E-state index in [0.717, 1.165) is 0 Å². The van der Waals surface area contributed by atoms with Crippen molar-refractivity contribution in [2.45, 2.75) is 0 Å². The molecule has 0 aromatic carbocycles. The second-order valence-corrected chi connectivity index (χ2v) is 6.35. The molecule has 6 heteroatoms. The minimum Gasteiger partial charge on any atom is -0.263 e. The quantitative estimate of drug-likeness (QED) is 0.210. The number of hydrogen-bond acceptors (Lipinski definition) is 6. The van der Waals surface area contributed by atoms with Gasteiger partial charge in [0.05, 0.1) is 0 Å². The van der Waals surface area contributed by atoms with Crippen LogP contribution in [0.1, 0.15) is 0 Å². The van der Waals surface area contributed by atoms with Crippen molar-refractivity contribution in [3.8, 4) is 0 Å². The SMILES string of the molecule is OOS[S-](=S)=S. The molecule has 0 saturated heterocycles. The first-order valence-electron chi connectivity index (χ1n) is 0.849. The van der Waals surface area contributed by atoms with Crippen molar-refractivity contribution in [2.75, 3.05) is 0 Å². The van der Waals surface area contributed by atoms with Crippen LogP contribution in [0.3, 0.4) is 0 Å². The average Bonchev–Trinajstić information content (AvgIpc) is 1.35. The van der Waals surface area contributed by atoms with Gasteiger partial charge < -0.3 is 0 Å². The van der Waals surface area contributed by atoms with Gasteiger partial charge in [0.1, 0.15) is 0 Å². The van der Waals surface area contributed by atoms with Crippen LogP contribution in [0.25, 0.3) is 0 Å². The molecule has 0 rings (SSSR count). The van der Waals surface area contributed by atoms with Crippen LogP contribution in [0.2, 0.25) is 0 Å². The van der Waals surface area contributed by atoms with Crippen LogP contribution < -0.4 is 0 Å². The molecule has 0 aliphatic carbocycles. The third kappa shape index (κ3) is 5.06. The molecule has 0 aliphatic heterocycles. The average molecular weight is 161 g/mol. The smallest absolute Gasteiger partial charge is 0.0692 e. The second kappa shape index (κ2) is 4.23. The van der Waals surface area contributed by atoms with Crippen LogP contribution in [0.15, 0.2) is 0 Å². The first kappa shape index (κ1) is 7.06. The van der Waals surface area contributed by atoms with E-state index in [2.05, 4.69) is 26.7 Å². The van der Waals surface area contributed by atoms with E-state index < -0.39 is 7.05 Å². The Bertz CT molecular complexity index is 73.5. The summed E-state index contributed by atoms with van der Waals surface area (Å²) in [4.78, 5) is 0. The maximum absolute atomic E-state index is 7.57. The number of hydrogen-bond donors (Lipinski definition) is 1. The van der Waals surface area contributed by atoms with Crippen molar-refractivity contribution in [3.63, 3.8) is 0 Å². The first-order valence-corrected chi connectivity index (χ1v) is 5.18. The Kier molecular flexibility index (Phi) is 4.97. The maximum atomic E-state index is 7.57. The molecule has 2 nitrogen and oxygen atoms in total. The summed E-state index contributed by atoms with van der Waals surface area (Å²) in [7, 11) is -0.704. The largest absolute Gasteiger partial charge is 0.263 e. The summed E-state index contributed by atoms with van der Waals surface area (Å²) in [5.74, 6) is 0.